The Kier molecular flexibility index (Phi) is 4.43. The van der Waals surface area contributed by atoms with Gasteiger partial charge in [0.2, 0.25) is 0 Å². The molecule has 0 spiro atoms. The van der Waals surface area contributed by atoms with Crippen LogP contribution in [0.5, 0.6) is 0 Å². The topological polar surface area (TPSA) is 43.8 Å². The standard InChI is InChI=1S/C13H15BrClN3/c1-2-5-18-8-10(7-17-18)13(16)9-3-4-11(14)12(15)6-9/h3-4,6-8,13H,2,5,16H2,1H3. The van der Waals surface area contributed by atoms with Gasteiger partial charge in [0.25, 0.3) is 0 Å². The third-order valence-electron chi connectivity index (χ3n) is 2.77. The summed E-state index contributed by atoms with van der Waals surface area (Å²) in [4.78, 5) is 0. The Morgan fingerprint density at radius 1 is 1.44 bits per heavy atom. The number of benzene rings is 1. The van der Waals surface area contributed by atoms with Crippen LogP contribution in [0.15, 0.2) is 35.1 Å². The molecule has 0 fully saturated rings. The van der Waals surface area contributed by atoms with E-state index in [2.05, 4.69) is 28.0 Å². The minimum absolute atomic E-state index is 0.193. The third kappa shape index (κ3) is 2.94. The molecule has 1 atom stereocenters. The monoisotopic (exact) mass is 327 g/mol. The van der Waals surface area contributed by atoms with Crippen LogP contribution in [-0.4, -0.2) is 9.78 Å². The van der Waals surface area contributed by atoms with E-state index in [-0.39, 0.29) is 6.04 Å². The van der Waals surface area contributed by atoms with Gasteiger partial charge in [-0.25, -0.2) is 0 Å². The summed E-state index contributed by atoms with van der Waals surface area (Å²) < 4.78 is 2.79. The molecule has 18 heavy (non-hydrogen) atoms. The third-order valence-corrected chi connectivity index (χ3v) is 4.00. The molecule has 2 aromatic rings. The highest BCUT2D eigenvalue weighted by Gasteiger charge is 2.12. The second-order valence-electron chi connectivity index (χ2n) is 4.19. The molecule has 5 heteroatoms. The van der Waals surface area contributed by atoms with E-state index < -0.39 is 0 Å². The van der Waals surface area contributed by atoms with Crippen LogP contribution in [-0.2, 0) is 6.54 Å². The SMILES string of the molecule is CCCn1cc(C(N)c2ccc(Br)c(Cl)c2)cn1. The summed E-state index contributed by atoms with van der Waals surface area (Å²) in [6.45, 7) is 3.03. The number of nitrogens with two attached hydrogens (primary N) is 1. The van der Waals surface area contributed by atoms with E-state index >= 15 is 0 Å². The van der Waals surface area contributed by atoms with Crippen molar-refractivity contribution in [3.8, 4) is 0 Å². The van der Waals surface area contributed by atoms with Gasteiger partial charge in [-0.1, -0.05) is 24.6 Å². The summed E-state index contributed by atoms with van der Waals surface area (Å²) in [5.41, 5.74) is 8.20. The summed E-state index contributed by atoms with van der Waals surface area (Å²) in [7, 11) is 0. The number of aromatic nitrogens is 2. The molecule has 0 amide bonds. The summed E-state index contributed by atoms with van der Waals surface area (Å²) in [5.74, 6) is 0. The average molecular weight is 329 g/mol. The minimum atomic E-state index is -0.193. The maximum atomic E-state index is 6.22. The average Bonchev–Trinajstić information content (AvgIpc) is 2.81. The Bertz CT molecular complexity index is 539. The predicted molar refractivity (Wildman–Crippen MR) is 77.7 cm³/mol. The fraction of sp³-hybridized carbons (Fsp3) is 0.308. The Balaban J connectivity index is 2.23. The van der Waals surface area contributed by atoms with E-state index in [1.807, 2.05) is 35.3 Å². The molecule has 0 aliphatic carbocycles. The van der Waals surface area contributed by atoms with Crippen LogP contribution >= 0.6 is 27.5 Å². The van der Waals surface area contributed by atoms with Crippen LogP contribution in [0.25, 0.3) is 0 Å². The van der Waals surface area contributed by atoms with Crippen molar-refractivity contribution < 1.29 is 0 Å². The molecule has 2 rings (SSSR count). The highest BCUT2D eigenvalue weighted by Crippen LogP contribution is 2.27. The molecule has 0 saturated carbocycles. The Labute approximate surface area is 120 Å². The summed E-state index contributed by atoms with van der Waals surface area (Å²) >= 11 is 9.45. The first-order valence-corrected chi connectivity index (χ1v) is 7.01. The second-order valence-corrected chi connectivity index (χ2v) is 5.45. The van der Waals surface area contributed by atoms with E-state index in [4.69, 9.17) is 17.3 Å². The maximum Gasteiger partial charge on any atom is 0.0583 e. The molecular weight excluding hydrogens is 314 g/mol. The summed E-state index contributed by atoms with van der Waals surface area (Å²) in [5, 5.41) is 4.96. The van der Waals surface area contributed by atoms with Crippen molar-refractivity contribution in [2.45, 2.75) is 25.9 Å². The largest absolute Gasteiger partial charge is 0.320 e. The van der Waals surface area contributed by atoms with Gasteiger partial charge in [0.05, 0.1) is 17.3 Å². The van der Waals surface area contributed by atoms with Crippen molar-refractivity contribution in [2.75, 3.05) is 0 Å². The Morgan fingerprint density at radius 3 is 2.89 bits per heavy atom. The molecule has 1 unspecified atom stereocenters. The van der Waals surface area contributed by atoms with Crippen LogP contribution in [0.3, 0.4) is 0 Å². The zero-order chi connectivity index (χ0) is 13.1. The molecule has 1 aromatic carbocycles. The van der Waals surface area contributed by atoms with Gasteiger partial charge in [-0.05, 0) is 40.0 Å². The van der Waals surface area contributed by atoms with E-state index in [0.717, 1.165) is 28.6 Å². The molecule has 0 aliphatic heterocycles. The van der Waals surface area contributed by atoms with Gasteiger partial charge in [0.1, 0.15) is 0 Å². The highest BCUT2D eigenvalue weighted by molar-refractivity contribution is 9.10. The van der Waals surface area contributed by atoms with Gasteiger partial charge in [-0.2, -0.15) is 5.10 Å². The Morgan fingerprint density at radius 2 is 2.22 bits per heavy atom. The van der Waals surface area contributed by atoms with Crippen LogP contribution in [0.1, 0.15) is 30.5 Å². The fourth-order valence-electron chi connectivity index (χ4n) is 1.79. The molecule has 0 radical (unpaired) electrons. The first-order valence-electron chi connectivity index (χ1n) is 5.84. The Hall–Kier alpha value is -0.840. The van der Waals surface area contributed by atoms with Crippen molar-refractivity contribution in [1.82, 2.24) is 9.78 Å². The van der Waals surface area contributed by atoms with E-state index in [9.17, 15) is 0 Å². The van der Waals surface area contributed by atoms with E-state index in [1.54, 1.807) is 0 Å². The second kappa shape index (κ2) is 5.87. The van der Waals surface area contributed by atoms with Gasteiger partial charge >= 0.3 is 0 Å². The van der Waals surface area contributed by atoms with Gasteiger partial charge in [-0.3, -0.25) is 4.68 Å². The molecule has 2 N–H and O–H groups in total. The van der Waals surface area contributed by atoms with Crippen LogP contribution in [0.2, 0.25) is 5.02 Å². The number of hydrogen-bond acceptors (Lipinski definition) is 2. The number of aryl methyl sites for hydroxylation is 1. The smallest absolute Gasteiger partial charge is 0.0583 e. The lowest BCUT2D eigenvalue weighted by atomic mass is 10.0. The van der Waals surface area contributed by atoms with Crippen molar-refractivity contribution in [3.05, 3.63) is 51.2 Å². The predicted octanol–water partition coefficient (Wildman–Crippen LogP) is 3.76. The number of rotatable bonds is 4. The lowest BCUT2D eigenvalue weighted by molar-refractivity contribution is 0.602. The van der Waals surface area contributed by atoms with Crippen LogP contribution < -0.4 is 5.73 Å². The van der Waals surface area contributed by atoms with Crippen molar-refractivity contribution >= 4 is 27.5 Å². The van der Waals surface area contributed by atoms with Crippen molar-refractivity contribution in [1.29, 1.82) is 0 Å². The zero-order valence-electron chi connectivity index (χ0n) is 10.1. The molecular formula is C13H15BrClN3. The fourth-order valence-corrected chi connectivity index (χ4v) is 2.23. The highest BCUT2D eigenvalue weighted by atomic mass is 79.9. The number of hydrogen-bond donors (Lipinski definition) is 1. The van der Waals surface area contributed by atoms with Gasteiger partial charge < -0.3 is 5.73 Å². The first-order chi connectivity index (χ1) is 8.61. The maximum absolute atomic E-state index is 6.22. The van der Waals surface area contributed by atoms with Gasteiger partial charge in [-0.15, -0.1) is 0 Å². The zero-order valence-corrected chi connectivity index (χ0v) is 12.4. The van der Waals surface area contributed by atoms with Crippen LogP contribution in [0, 0.1) is 0 Å². The van der Waals surface area contributed by atoms with Crippen molar-refractivity contribution in [2.24, 2.45) is 5.73 Å². The quantitative estimate of drug-likeness (QED) is 0.928. The molecule has 0 aliphatic rings. The van der Waals surface area contributed by atoms with Crippen molar-refractivity contribution in [3.63, 3.8) is 0 Å². The summed E-state index contributed by atoms with van der Waals surface area (Å²) in [6.07, 6.45) is 4.86. The van der Waals surface area contributed by atoms with Gasteiger partial charge in [0, 0.05) is 22.8 Å². The molecule has 0 saturated heterocycles. The number of nitrogens with zero attached hydrogens (tertiary/aromatic N) is 2. The lowest BCUT2D eigenvalue weighted by Gasteiger charge is -2.10. The summed E-state index contributed by atoms with van der Waals surface area (Å²) in [6, 6.07) is 5.57. The molecule has 0 bridgehead atoms. The first kappa shape index (κ1) is 13.6. The molecule has 1 aromatic heterocycles. The lowest BCUT2D eigenvalue weighted by Crippen LogP contribution is -2.11. The van der Waals surface area contributed by atoms with E-state index in [1.165, 1.54) is 0 Å². The molecule has 1 heterocycles. The number of halogens is 2. The minimum Gasteiger partial charge on any atom is -0.320 e. The van der Waals surface area contributed by atoms with Crippen LogP contribution in [0.4, 0.5) is 0 Å². The molecule has 3 nitrogen and oxygen atoms in total. The van der Waals surface area contributed by atoms with E-state index in [0.29, 0.717) is 5.02 Å². The normalized spacial score (nSPS) is 12.7. The van der Waals surface area contributed by atoms with Gasteiger partial charge in [0.15, 0.2) is 0 Å². The molecule has 96 valence electrons.